The number of ketones is 2. The number of rotatable bonds is 0. The Bertz CT molecular complexity index is 1050. The first kappa shape index (κ1) is 12.5. The Balaban J connectivity index is 2.16. The molecule has 4 rings (SSSR count). The zero-order valence-corrected chi connectivity index (χ0v) is 11.4. The summed E-state index contributed by atoms with van der Waals surface area (Å²) in [6.07, 6.45) is 1.39. The summed E-state index contributed by atoms with van der Waals surface area (Å²) in [7, 11) is 0. The van der Waals surface area contributed by atoms with Crippen molar-refractivity contribution in [3.8, 4) is 0 Å². The van der Waals surface area contributed by atoms with Gasteiger partial charge in [0.05, 0.1) is 0 Å². The van der Waals surface area contributed by atoms with Gasteiger partial charge >= 0.3 is 0 Å². The fraction of sp³-hybridized carbons (Fsp3) is 0. The lowest BCUT2D eigenvalue weighted by Crippen LogP contribution is -2.28. The van der Waals surface area contributed by atoms with Gasteiger partial charge in [-0.15, -0.1) is 0 Å². The van der Waals surface area contributed by atoms with Crippen molar-refractivity contribution in [2.24, 2.45) is 0 Å². The molecule has 3 aromatic rings. The second kappa shape index (κ2) is 4.14. The summed E-state index contributed by atoms with van der Waals surface area (Å²) < 4.78 is 0.956. The molecule has 0 bridgehead atoms. The van der Waals surface area contributed by atoms with Crippen LogP contribution in [-0.4, -0.2) is 16.2 Å². The standard InChI is InChI=1S/C17H10N2O3/c18-19-8-7-9-12(17(19)22)5-6-13-14(9)16(21)11-4-2-1-3-10(11)15(13)20/h1-8H,18H2. The molecule has 0 saturated carbocycles. The second-order valence-electron chi connectivity index (χ2n) is 5.18. The van der Waals surface area contributed by atoms with Crippen molar-refractivity contribution < 1.29 is 9.59 Å². The van der Waals surface area contributed by atoms with Crippen LogP contribution in [0.1, 0.15) is 31.8 Å². The first-order valence-electron chi connectivity index (χ1n) is 6.71. The molecule has 22 heavy (non-hydrogen) atoms. The van der Waals surface area contributed by atoms with Crippen molar-refractivity contribution in [3.05, 3.63) is 81.3 Å². The smallest absolute Gasteiger partial charge is 0.276 e. The number of aromatic nitrogens is 1. The Morgan fingerprint density at radius 3 is 2.14 bits per heavy atom. The molecule has 2 aromatic carbocycles. The molecule has 5 heteroatoms. The van der Waals surface area contributed by atoms with Crippen LogP contribution in [-0.2, 0) is 0 Å². The van der Waals surface area contributed by atoms with Crippen LogP contribution in [0.25, 0.3) is 10.8 Å². The van der Waals surface area contributed by atoms with Gasteiger partial charge in [0, 0.05) is 39.2 Å². The quantitative estimate of drug-likeness (QED) is 0.497. The first-order valence-corrected chi connectivity index (χ1v) is 6.71. The Labute approximate surface area is 124 Å². The van der Waals surface area contributed by atoms with Crippen LogP contribution >= 0.6 is 0 Å². The van der Waals surface area contributed by atoms with Crippen molar-refractivity contribution >= 4 is 22.3 Å². The van der Waals surface area contributed by atoms with Gasteiger partial charge in [0.25, 0.3) is 5.56 Å². The van der Waals surface area contributed by atoms with Gasteiger partial charge in [-0.05, 0) is 18.2 Å². The van der Waals surface area contributed by atoms with E-state index in [0.29, 0.717) is 27.5 Å². The monoisotopic (exact) mass is 290 g/mol. The average molecular weight is 290 g/mol. The SMILES string of the molecule is Nn1ccc2c3c(ccc2c1=O)C(=O)c1ccccc1C3=O. The van der Waals surface area contributed by atoms with E-state index in [1.807, 2.05) is 0 Å². The third kappa shape index (κ3) is 1.45. The molecule has 0 spiro atoms. The van der Waals surface area contributed by atoms with Gasteiger partial charge in [-0.3, -0.25) is 14.4 Å². The number of pyridine rings is 1. The summed E-state index contributed by atoms with van der Waals surface area (Å²) in [5.41, 5.74) is 0.958. The topological polar surface area (TPSA) is 82.2 Å². The molecule has 1 aromatic heterocycles. The van der Waals surface area contributed by atoms with E-state index in [0.717, 1.165) is 4.68 Å². The van der Waals surface area contributed by atoms with Crippen LogP contribution in [0, 0.1) is 0 Å². The van der Waals surface area contributed by atoms with Crippen LogP contribution in [0.4, 0.5) is 0 Å². The summed E-state index contributed by atoms with van der Waals surface area (Å²) in [6, 6.07) is 11.4. The van der Waals surface area contributed by atoms with Crippen molar-refractivity contribution in [1.29, 1.82) is 0 Å². The fourth-order valence-electron chi connectivity index (χ4n) is 2.93. The van der Waals surface area contributed by atoms with E-state index in [1.54, 1.807) is 36.4 Å². The normalized spacial score (nSPS) is 13.1. The molecule has 0 fully saturated rings. The lowest BCUT2D eigenvalue weighted by molar-refractivity contribution is 0.0980. The highest BCUT2D eigenvalue weighted by Crippen LogP contribution is 2.31. The predicted molar refractivity (Wildman–Crippen MR) is 81.7 cm³/mol. The second-order valence-corrected chi connectivity index (χ2v) is 5.18. The molecule has 2 N–H and O–H groups in total. The van der Waals surface area contributed by atoms with Crippen molar-refractivity contribution in [2.75, 3.05) is 5.84 Å². The van der Waals surface area contributed by atoms with E-state index in [-0.39, 0.29) is 17.1 Å². The van der Waals surface area contributed by atoms with Crippen LogP contribution in [0.15, 0.2) is 53.5 Å². The zero-order valence-electron chi connectivity index (χ0n) is 11.4. The molecule has 1 aliphatic rings. The van der Waals surface area contributed by atoms with Crippen LogP contribution in [0.5, 0.6) is 0 Å². The third-order valence-corrected chi connectivity index (χ3v) is 4.00. The van der Waals surface area contributed by atoms with Gasteiger partial charge in [0.2, 0.25) is 0 Å². The molecular formula is C17H10N2O3. The van der Waals surface area contributed by atoms with Crippen LogP contribution in [0.2, 0.25) is 0 Å². The summed E-state index contributed by atoms with van der Waals surface area (Å²) >= 11 is 0. The van der Waals surface area contributed by atoms with E-state index in [1.165, 1.54) is 12.3 Å². The largest absolute Gasteiger partial charge is 0.336 e. The molecular weight excluding hydrogens is 280 g/mol. The molecule has 1 heterocycles. The molecule has 106 valence electrons. The lowest BCUT2D eigenvalue weighted by Gasteiger charge is -2.18. The summed E-state index contributed by atoms with van der Waals surface area (Å²) in [5.74, 6) is 5.10. The Morgan fingerprint density at radius 1 is 0.727 bits per heavy atom. The number of nitrogens with zero attached hydrogens (tertiary/aromatic N) is 1. The van der Waals surface area contributed by atoms with Gasteiger partial charge in [0.1, 0.15) is 0 Å². The Kier molecular flexibility index (Phi) is 2.36. The van der Waals surface area contributed by atoms with Crippen molar-refractivity contribution in [3.63, 3.8) is 0 Å². The van der Waals surface area contributed by atoms with Crippen molar-refractivity contribution in [2.45, 2.75) is 0 Å². The number of fused-ring (bicyclic) bond motifs is 4. The van der Waals surface area contributed by atoms with Gasteiger partial charge in [0.15, 0.2) is 11.6 Å². The number of benzene rings is 2. The molecule has 0 unspecified atom stereocenters. The molecule has 0 atom stereocenters. The fourth-order valence-corrected chi connectivity index (χ4v) is 2.93. The number of hydrogen-bond donors (Lipinski definition) is 1. The van der Waals surface area contributed by atoms with E-state index < -0.39 is 5.56 Å². The van der Waals surface area contributed by atoms with E-state index in [2.05, 4.69) is 0 Å². The number of carbonyl (C=O) groups excluding carboxylic acids is 2. The number of hydrogen-bond acceptors (Lipinski definition) is 4. The highest BCUT2D eigenvalue weighted by atomic mass is 16.1. The van der Waals surface area contributed by atoms with Crippen LogP contribution < -0.4 is 11.4 Å². The minimum absolute atomic E-state index is 0.205. The maximum absolute atomic E-state index is 12.8. The number of nitrogen functional groups attached to an aromatic ring is 1. The van der Waals surface area contributed by atoms with Crippen LogP contribution in [0.3, 0.4) is 0 Å². The molecule has 0 aliphatic heterocycles. The van der Waals surface area contributed by atoms with E-state index >= 15 is 0 Å². The minimum Gasteiger partial charge on any atom is -0.336 e. The highest BCUT2D eigenvalue weighted by Gasteiger charge is 2.31. The first-order chi connectivity index (χ1) is 10.6. The average Bonchev–Trinajstić information content (AvgIpc) is 2.55. The molecule has 0 saturated heterocycles. The number of carbonyl (C=O) groups is 2. The Morgan fingerprint density at radius 2 is 1.41 bits per heavy atom. The lowest BCUT2D eigenvalue weighted by atomic mass is 9.82. The maximum atomic E-state index is 12.8. The summed E-state index contributed by atoms with van der Waals surface area (Å²) in [4.78, 5) is 37.4. The van der Waals surface area contributed by atoms with Gasteiger partial charge in [-0.1, -0.05) is 24.3 Å². The molecule has 1 aliphatic carbocycles. The highest BCUT2D eigenvalue weighted by molar-refractivity contribution is 6.32. The predicted octanol–water partition coefficient (Wildman–Crippen LogP) is 1.49. The minimum atomic E-state index is -0.403. The van der Waals surface area contributed by atoms with Gasteiger partial charge in [-0.2, -0.15) is 0 Å². The summed E-state index contributed by atoms with van der Waals surface area (Å²) in [6.45, 7) is 0. The van der Waals surface area contributed by atoms with Crippen molar-refractivity contribution in [1.82, 2.24) is 4.68 Å². The van der Waals surface area contributed by atoms with E-state index in [4.69, 9.17) is 5.84 Å². The maximum Gasteiger partial charge on any atom is 0.276 e. The zero-order chi connectivity index (χ0) is 15.4. The van der Waals surface area contributed by atoms with Gasteiger partial charge < -0.3 is 5.84 Å². The van der Waals surface area contributed by atoms with E-state index in [9.17, 15) is 14.4 Å². The number of nitrogens with two attached hydrogens (primary N) is 1. The molecule has 0 amide bonds. The molecule has 0 radical (unpaired) electrons. The summed E-state index contributed by atoms with van der Waals surface area (Å²) in [5, 5.41) is 0.779. The molecule has 5 nitrogen and oxygen atoms in total. The third-order valence-electron chi connectivity index (χ3n) is 4.00. The van der Waals surface area contributed by atoms with Gasteiger partial charge in [-0.25, -0.2) is 4.68 Å². The Hall–Kier alpha value is -3.21.